The third-order valence-corrected chi connectivity index (χ3v) is 4.05. The van der Waals surface area contributed by atoms with Crippen LogP contribution in [0.1, 0.15) is 28.4 Å². The maximum absolute atomic E-state index is 12.7. The summed E-state index contributed by atoms with van der Waals surface area (Å²) in [7, 11) is 0. The molecule has 0 fully saturated rings. The first-order valence-electron chi connectivity index (χ1n) is 6.46. The molecule has 0 bridgehead atoms. The zero-order valence-electron chi connectivity index (χ0n) is 11.3. The summed E-state index contributed by atoms with van der Waals surface area (Å²) in [4.78, 5) is -0.296. The molecule has 1 unspecified atom stereocenters. The van der Waals surface area contributed by atoms with Gasteiger partial charge in [0.25, 0.3) is 0 Å². The standard InChI is InChI=1S/C16H14BrF3O/c1-2-21-14-8-6-11(7-9-14)15(17)12-4-3-5-13(10-12)16(18,19)20/h3-10,15H,2H2,1H3. The van der Waals surface area contributed by atoms with Crippen molar-refractivity contribution >= 4 is 15.9 Å². The van der Waals surface area contributed by atoms with Crippen molar-refractivity contribution in [3.05, 3.63) is 65.2 Å². The van der Waals surface area contributed by atoms with Crippen molar-refractivity contribution in [1.82, 2.24) is 0 Å². The minimum atomic E-state index is -4.33. The van der Waals surface area contributed by atoms with Crippen LogP contribution >= 0.6 is 15.9 Å². The van der Waals surface area contributed by atoms with Crippen LogP contribution in [0.3, 0.4) is 0 Å². The van der Waals surface area contributed by atoms with E-state index in [1.807, 2.05) is 19.1 Å². The molecule has 0 heterocycles. The second-order valence-corrected chi connectivity index (χ2v) is 5.40. The van der Waals surface area contributed by atoms with Gasteiger partial charge in [-0.3, -0.25) is 0 Å². The van der Waals surface area contributed by atoms with Crippen LogP contribution in [0.5, 0.6) is 5.75 Å². The van der Waals surface area contributed by atoms with Gasteiger partial charge >= 0.3 is 6.18 Å². The molecule has 0 aliphatic carbocycles. The van der Waals surface area contributed by atoms with E-state index in [-0.39, 0.29) is 4.83 Å². The van der Waals surface area contributed by atoms with Gasteiger partial charge in [0.05, 0.1) is 17.0 Å². The molecule has 0 saturated heterocycles. The molecule has 0 aromatic heterocycles. The Kier molecular flexibility index (Phi) is 4.93. The Labute approximate surface area is 129 Å². The highest BCUT2D eigenvalue weighted by atomic mass is 79.9. The van der Waals surface area contributed by atoms with Crippen molar-refractivity contribution in [2.45, 2.75) is 17.9 Å². The number of halogens is 4. The van der Waals surface area contributed by atoms with Crippen molar-refractivity contribution in [2.75, 3.05) is 6.61 Å². The molecule has 0 radical (unpaired) electrons. The predicted octanol–water partition coefficient (Wildman–Crippen LogP) is 5.59. The monoisotopic (exact) mass is 358 g/mol. The summed E-state index contributed by atoms with van der Waals surface area (Å²) in [5.41, 5.74) is 0.794. The Morgan fingerprint density at radius 3 is 2.29 bits per heavy atom. The molecule has 2 aromatic carbocycles. The fourth-order valence-electron chi connectivity index (χ4n) is 1.96. The lowest BCUT2D eigenvalue weighted by molar-refractivity contribution is -0.137. The Morgan fingerprint density at radius 2 is 1.71 bits per heavy atom. The van der Waals surface area contributed by atoms with Gasteiger partial charge in [-0.15, -0.1) is 0 Å². The average Bonchev–Trinajstić information content (AvgIpc) is 2.47. The summed E-state index contributed by atoms with van der Waals surface area (Å²) in [5, 5.41) is 0. The SMILES string of the molecule is CCOc1ccc(C(Br)c2cccc(C(F)(F)F)c2)cc1. The van der Waals surface area contributed by atoms with Gasteiger partial charge < -0.3 is 4.74 Å². The Hall–Kier alpha value is -1.49. The highest BCUT2D eigenvalue weighted by Gasteiger charge is 2.30. The number of rotatable bonds is 4. The molecular formula is C16H14BrF3O. The van der Waals surface area contributed by atoms with Gasteiger partial charge in [-0.1, -0.05) is 46.3 Å². The summed E-state index contributed by atoms with van der Waals surface area (Å²) in [6.45, 7) is 2.47. The summed E-state index contributed by atoms with van der Waals surface area (Å²) in [6.07, 6.45) is -4.33. The average molecular weight is 359 g/mol. The quantitative estimate of drug-likeness (QED) is 0.647. The van der Waals surface area contributed by atoms with Crippen LogP contribution in [0.25, 0.3) is 0 Å². The minimum absolute atomic E-state index is 0.296. The van der Waals surface area contributed by atoms with Gasteiger partial charge in [-0.2, -0.15) is 13.2 Å². The first kappa shape index (κ1) is 15.9. The van der Waals surface area contributed by atoms with Gasteiger partial charge in [-0.25, -0.2) is 0 Å². The van der Waals surface area contributed by atoms with E-state index in [4.69, 9.17) is 4.74 Å². The third kappa shape index (κ3) is 4.00. The van der Waals surface area contributed by atoms with E-state index < -0.39 is 11.7 Å². The number of hydrogen-bond acceptors (Lipinski definition) is 1. The number of benzene rings is 2. The van der Waals surface area contributed by atoms with E-state index in [2.05, 4.69) is 15.9 Å². The molecule has 2 aromatic rings. The Balaban J connectivity index is 2.25. The van der Waals surface area contributed by atoms with E-state index in [9.17, 15) is 13.2 Å². The molecular weight excluding hydrogens is 345 g/mol. The predicted molar refractivity (Wildman–Crippen MR) is 79.8 cm³/mol. The van der Waals surface area contributed by atoms with Gasteiger partial charge in [0.1, 0.15) is 5.75 Å². The van der Waals surface area contributed by atoms with Crippen molar-refractivity contribution < 1.29 is 17.9 Å². The maximum atomic E-state index is 12.7. The molecule has 0 amide bonds. The summed E-state index contributed by atoms with van der Waals surface area (Å²) < 4.78 is 43.6. The van der Waals surface area contributed by atoms with Crippen molar-refractivity contribution in [1.29, 1.82) is 0 Å². The van der Waals surface area contributed by atoms with E-state index >= 15 is 0 Å². The first-order chi connectivity index (χ1) is 9.91. The normalized spacial score (nSPS) is 13.0. The number of ether oxygens (including phenoxy) is 1. The van der Waals surface area contributed by atoms with E-state index in [1.54, 1.807) is 18.2 Å². The summed E-state index contributed by atoms with van der Waals surface area (Å²) in [6, 6.07) is 12.6. The molecule has 112 valence electrons. The van der Waals surface area contributed by atoms with Crippen LogP contribution < -0.4 is 4.74 Å². The van der Waals surface area contributed by atoms with Crippen molar-refractivity contribution in [2.24, 2.45) is 0 Å². The third-order valence-electron chi connectivity index (χ3n) is 2.99. The minimum Gasteiger partial charge on any atom is -0.494 e. The van der Waals surface area contributed by atoms with E-state index in [0.29, 0.717) is 12.2 Å². The fourth-order valence-corrected chi connectivity index (χ4v) is 2.55. The van der Waals surface area contributed by atoms with Crippen LogP contribution in [-0.4, -0.2) is 6.61 Å². The zero-order valence-corrected chi connectivity index (χ0v) is 12.9. The molecule has 1 nitrogen and oxygen atoms in total. The topological polar surface area (TPSA) is 9.23 Å². The smallest absolute Gasteiger partial charge is 0.416 e. The zero-order chi connectivity index (χ0) is 15.5. The van der Waals surface area contributed by atoms with Crippen LogP contribution in [0.15, 0.2) is 48.5 Å². The first-order valence-corrected chi connectivity index (χ1v) is 7.37. The van der Waals surface area contributed by atoms with Gasteiger partial charge in [0.2, 0.25) is 0 Å². The lowest BCUT2D eigenvalue weighted by Gasteiger charge is -2.14. The summed E-state index contributed by atoms with van der Waals surface area (Å²) in [5.74, 6) is 0.741. The van der Waals surface area contributed by atoms with Crippen molar-refractivity contribution in [3.63, 3.8) is 0 Å². The van der Waals surface area contributed by atoms with Crippen LogP contribution in [0, 0.1) is 0 Å². The number of alkyl halides is 4. The van der Waals surface area contributed by atoms with Crippen LogP contribution in [-0.2, 0) is 6.18 Å². The highest BCUT2D eigenvalue weighted by Crippen LogP contribution is 2.35. The van der Waals surface area contributed by atoms with Gasteiger partial charge in [0.15, 0.2) is 0 Å². The second-order valence-electron chi connectivity index (χ2n) is 4.49. The molecule has 2 rings (SSSR count). The molecule has 0 aliphatic rings. The lowest BCUT2D eigenvalue weighted by atomic mass is 10.0. The molecule has 1 atom stereocenters. The molecule has 5 heteroatoms. The Bertz CT molecular complexity index is 593. The molecule has 0 aliphatic heterocycles. The maximum Gasteiger partial charge on any atom is 0.416 e. The highest BCUT2D eigenvalue weighted by molar-refractivity contribution is 9.09. The fraction of sp³-hybridized carbons (Fsp3) is 0.250. The second kappa shape index (κ2) is 6.52. The van der Waals surface area contributed by atoms with E-state index in [0.717, 1.165) is 23.4 Å². The van der Waals surface area contributed by atoms with E-state index in [1.165, 1.54) is 6.07 Å². The van der Waals surface area contributed by atoms with Crippen LogP contribution in [0.2, 0.25) is 0 Å². The number of hydrogen-bond donors (Lipinski definition) is 0. The summed E-state index contributed by atoms with van der Waals surface area (Å²) >= 11 is 3.45. The largest absolute Gasteiger partial charge is 0.494 e. The molecule has 21 heavy (non-hydrogen) atoms. The molecule has 0 N–H and O–H groups in total. The Morgan fingerprint density at radius 1 is 1.05 bits per heavy atom. The van der Waals surface area contributed by atoms with Gasteiger partial charge in [0, 0.05) is 0 Å². The molecule has 0 saturated carbocycles. The van der Waals surface area contributed by atoms with Crippen molar-refractivity contribution in [3.8, 4) is 5.75 Å². The lowest BCUT2D eigenvalue weighted by Crippen LogP contribution is -2.06. The molecule has 0 spiro atoms. The van der Waals surface area contributed by atoms with Crippen LogP contribution in [0.4, 0.5) is 13.2 Å². The van der Waals surface area contributed by atoms with Gasteiger partial charge in [-0.05, 0) is 36.2 Å².